The van der Waals surface area contributed by atoms with Crippen molar-refractivity contribution in [1.82, 2.24) is 5.32 Å². The largest absolute Gasteiger partial charge is 0.315 e. The number of nitrogens with one attached hydrogen (secondary N) is 1. The van der Waals surface area contributed by atoms with Crippen molar-refractivity contribution in [2.45, 2.75) is 47.6 Å². The number of hydrogen-bond donors (Lipinski definition) is 1. The van der Waals surface area contributed by atoms with Crippen molar-refractivity contribution in [3.8, 4) is 0 Å². The van der Waals surface area contributed by atoms with Crippen molar-refractivity contribution in [3.63, 3.8) is 0 Å². The molecule has 1 aromatic rings. The lowest BCUT2D eigenvalue weighted by molar-refractivity contribution is 0.346. The van der Waals surface area contributed by atoms with E-state index in [1.54, 1.807) is 0 Å². The summed E-state index contributed by atoms with van der Waals surface area (Å²) in [4.78, 5) is 1.48. The lowest BCUT2D eigenvalue weighted by Gasteiger charge is -2.25. The molecule has 1 aliphatic heterocycles. The Hall–Kier alpha value is -0.180. The van der Waals surface area contributed by atoms with Gasteiger partial charge in [0.1, 0.15) is 0 Å². The molecule has 1 aromatic carbocycles. The summed E-state index contributed by atoms with van der Waals surface area (Å²) < 4.78 is 0. The van der Waals surface area contributed by atoms with Crippen LogP contribution in [0.5, 0.6) is 0 Å². The van der Waals surface area contributed by atoms with E-state index < -0.39 is 0 Å². The first-order valence-electron chi connectivity index (χ1n) is 7.40. The topological polar surface area (TPSA) is 12.0 Å². The minimum Gasteiger partial charge on any atom is -0.315 e. The van der Waals surface area contributed by atoms with Gasteiger partial charge in [0.25, 0.3) is 0 Å². The highest BCUT2D eigenvalue weighted by Crippen LogP contribution is 2.36. The minimum absolute atomic E-state index is 0.441. The van der Waals surface area contributed by atoms with Gasteiger partial charge in [-0.25, -0.2) is 0 Å². The highest BCUT2D eigenvalue weighted by atomic mass is 35.5. The molecule has 0 radical (unpaired) electrons. The second-order valence-electron chi connectivity index (χ2n) is 5.83. The fraction of sp³-hybridized carbons (Fsp3) is 0.625. The molecular formula is C16H22ClNS. The second kappa shape index (κ2) is 6.51. The molecule has 0 amide bonds. The Morgan fingerprint density at radius 3 is 2.68 bits per heavy atom. The standard InChI is InChI=1S/C16H22ClNS/c17-14-7-5-12(6-8-14)10-18-11-15-9-13-3-1-2-4-16(13)19-15/h1-4,12,14-15,18H,5-11H2. The zero-order valence-electron chi connectivity index (χ0n) is 11.3. The van der Waals surface area contributed by atoms with Crippen LogP contribution in [0, 0.1) is 5.92 Å². The molecule has 1 saturated carbocycles. The van der Waals surface area contributed by atoms with Gasteiger partial charge in [0, 0.05) is 22.1 Å². The summed E-state index contributed by atoms with van der Waals surface area (Å²) in [5, 5.41) is 4.85. The average molecular weight is 296 g/mol. The van der Waals surface area contributed by atoms with Gasteiger partial charge in [-0.3, -0.25) is 0 Å². The number of rotatable bonds is 4. The van der Waals surface area contributed by atoms with Gasteiger partial charge in [0.2, 0.25) is 0 Å². The van der Waals surface area contributed by atoms with E-state index in [4.69, 9.17) is 11.6 Å². The smallest absolute Gasteiger partial charge is 0.0336 e. The summed E-state index contributed by atoms with van der Waals surface area (Å²) >= 11 is 8.19. The first-order chi connectivity index (χ1) is 9.31. The summed E-state index contributed by atoms with van der Waals surface area (Å²) in [6, 6.07) is 8.82. The molecule has 1 aliphatic carbocycles. The summed E-state index contributed by atoms with van der Waals surface area (Å²) in [5.41, 5.74) is 1.53. The van der Waals surface area contributed by atoms with Gasteiger partial charge < -0.3 is 5.32 Å². The Labute approximate surface area is 125 Å². The Balaban J connectivity index is 1.38. The van der Waals surface area contributed by atoms with Crippen LogP contribution in [-0.4, -0.2) is 23.7 Å². The predicted molar refractivity (Wildman–Crippen MR) is 84.3 cm³/mol. The van der Waals surface area contributed by atoms with Gasteiger partial charge >= 0.3 is 0 Å². The van der Waals surface area contributed by atoms with Crippen molar-refractivity contribution < 1.29 is 0 Å². The maximum Gasteiger partial charge on any atom is 0.0336 e. The van der Waals surface area contributed by atoms with Gasteiger partial charge in [-0.15, -0.1) is 23.4 Å². The Bertz CT molecular complexity index is 390. The molecule has 0 aromatic heterocycles. The van der Waals surface area contributed by atoms with Gasteiger partial charge in [-0.1, -0.05) is 18.2 Å². The quantitative estimate of drug-likeness (QED) is 0.840. The van der Waals surface area contributed by atoms with Crippen LogP contribution >= 0.6 is 23.4 Å². The number of alkyl halides is 1. The van der Waals surface area contributed by atoms with Crippen LogP contribution in [0.3, 0.4) is 0 Å². The second-order valence-corrected chi connectivity index (χ2v) is 7.79. The zero-order valence-corrected chi connectivity index (χ0v) is 12.8. The highest BCUT2D eigenvalue weighted by molar-refractivity contribution is 8.00. The zero-order chi connectivity index (χ0) is 13.1. The number of hydrogen-bond acceptors (Lipinski definition) is 2. The number of thioether (sulfide) groups is 1. The number of benzene rings is 1. The van der Waals surface area contributed by atoms with Crippen molar-refractivity contribution in [1.29, 1.82) is 0 Å². The molecular weight excluding hydrogens is 274 g/mol. The molecule has 19 heavy (non-hydrogen) atoms. The first-order valence-corrected chi connectivity index (χ1v) is 8.72. The summed E-state index contributed by atoms with van der Waals surface area (Å²) in [7, 11) is 0. The molecule has 0 bridgehead atoms. The minimum atomic E-state index is 0.441. The van der Waals surface area contributed by atoms with E-state index in [9.17, 15) is 0 Å². The van der Waals surface area contributed by atoms with Gasteiger partial charge in [0.05, 0.1) is 0 Å². The monoisotopic (exact) mass is 295 g/mol. The van der Waals surface area contributed by atoms with E-state index in [0.29, 0.717) is 5.38 Å². The highest BCUT2D eigenvalue weighted by Gasteiger charge is 2.23. The van der Waals surface area contributed by atoms with Crippen molar-refractivity contribution in [3.05, 3.63) is 29.8 Å². The number of fused-ring (bicyclic) bond motifs is 1. The molecule has 3 rings (SSSR count). The molecule has 0 saturated heterocycles. The van der Waals surface area contributed by atoms with Crippen LogP contribution in [0.1, 0.15) is 31.2 Å². The van der Waals surface area contributed by atoms with Crippen LogP contribution in [0.25, 0.3) is 0 Å². The van der Waals surface area contributed by atoms with E-state index >= 15 is 0 Å². The lowest BCUT2D eigenvalue weighted by Crippen LogP contribution is -2.31. The van der Waals surface area contributed by atoms with E-state index in [2.05, 4.69) is 29.6 Å². The predicted octanol–water partition coefficient (Wildman–Crippen LogP) is 4.09. The van der Waals surface area contributed by atoms with Crippen LogP contribution in [0.2, 0.25) is 0 Å². The molecule has 104 valence electrons. The van der Waals surface area contributed by atoms with Crippen LogP contribution < -0.4 is 5.32 Å². The Kier molecular flexibility index (Phi) is 4.73. The lowest BCUT2D eigenvalue weighted by atomic mass is 9.89. The third-order valence-corrected chi connectivity index (χ3v) is 6.05. The molecule has 0 spiro atoms. The molecule has 1 unspecified atom stereocenters. The molecule has 1 nitrogen and oxygen atoms in total. The third kappa shape index (κ3) is 3.68. The van der Waals surface area contributed by atoms with Gasteiger partial charge in [-0.05, 0) is 56.2 Å². The van der Waals surface area contributed by atoms with E-state index in [1.807, 2.05) is 11.8 Å². The Morgan fingerprint density at radius 2 is 1.89 bits per heavy atom. The molecule has 3 heteroatoms. The fourth-order valence-corrected chi connectivity index (χ4v) is 4.68. The van der Waals surface area contributed by atoms with E-state index in [-0.39, 0.29) is 0 Å². The summed E-state index contributed by atoms with van der Waals surface area (Å²) in [6.45, 7) is 2.32. The van der Waals surface area contributed by atoms with E-state index in [0.717, 1.165) is 17.7 Å². The molecule has 1 heterocycles. The fourth-order valence-electron chi connectivity index (χ4n) is 3.14. The van der Waals surface area contributed by atoms with Gasteiger partial charge in [0.15, 0.2) is 0 Å². The Morgan fingerprint density at radius 1 is 1.11 bits per heavy atom. The van der Waals surface area contributed by atoms with Crippen LogP contribution in [-0.2, 0) is 6.42 Å². The van der Waals surface area contributed by atoms with Gasteiger partial charge in [-0.2, -0.15) is 0 Å². The number of halogens is 1. The molecule has 2 aliphatic rings. The normalized spacial score (nSPS) is 30.3. The van der Waals surface area contributed by atoms with Crippen molar-refractivity contribution >= 4 is 23.4 Å². The first kappa shape index (κ1) is 13.8. The van der Waals surface area contributed by atoms with E-state index in [1.165, 1.54) is 49.1 Å². The third-order valence-electron chi connectivity index (χ3n) is 4.30. The van der Waals surface area contributed by atoms with Crippen molar-refractivity contribution in [2.24, 2.45) is 5.92 Å². The van der Waals surface area contributed by atoms with Crippen LogP contribution in [0.4, 0.5) is 0 Å². The maximum atomic E-state index is 6.15. The SMILES string of the molecule is ClC1CCC(CNCC2Cc3ccccc3S2)CC1. The average Bonchev–Trinajstić information content (AvgIpc) is 2.83. The van der Waals surface area contributed by atoms with Crippen molar-refractivity contribution in [2.75, 3.05) is 13.1 Å². The maximum absolute atomic E-state index is 6.15. The molecule has 1 fully saturated rings. The molecule has 1 atom stereocenters. The molecule has 1 N–H and O–H groups in total. The van der Waals surface area contributed by atoms with Crippen LogP contribution in [0.15, 0.2) is 29.2 Å². The summed E-state index contributed by atoms with van der Waals surface area (Å²) in [5.74, 6) is 0.851. The summed E-state index contributed by atoms with van der Waals surface area (Å²) in [6.07, 6.45) is 6.25.